The molecule has 3 amide bonds. The molecule has 4 rings (SSSR count). The van der Waals surface area contributed by atoms with Crippen molar-refractivity contribution in [3.8, 4) is 0 Å². The standard InChI is InChI=1S/C20H22ClN5O3/c1-13-17(14(2)29-23-13)11-25-10-16(9-22-25)26-19(27)12-24(20(26)28)8-7-15-5-3-4-6-18(15)21/h3-6,9-10,14,17H,7-8,11-12H2,1-2H3. The summed E-state index contributed by atoms with van der Waals surface area (Å²) in [6.45, 7) is 4.92. The fourth-order valence-corrected chi connectivity index (χ4v) is 3.86. The van der Waals surface area contributed by atoms with Crippen LogP contribution in [0.25, 0.3) is 0 Å². The van der Waals surface area contributed by atoms with Crippen molar-refractivity contribution in [3.05, 3.63) is 47.2 Å². The molecule has 1 saturated heterocycles. The van der Waals surface area contributed by atoms with Crippen LogP contribution in [0.5, 0.6) is 0 Å². The summed E-state index contributed by atoms with van der Waals surface area (Å²) < 4.78 is 1.72. The first-order valence-electron chi connectivity index (χ1n) is 9.52. The van der Waals surface area contributed by atoms with Gasteiger partial charge in [0.1, 0.15) is 12.6 Å². The Hall–Kier alpha value is -2.87. The topological polar surface area (TPSA) is 80.0 Å². The first-order chi connectivity index (χ1) is 13.9. The molecule has 2 aliphatic heterocycles. The van der Waals surface area contributed by atoms with Crippen molar-refractivity contribution in [2.75, 3.05) is 18.0 Å². The Labute approximate surface area is 173 Å². The number of hydrogen-bond acceptors (Lipinski definition) is 5. The Morgan fingerprint density at radius 3 is 2.79 bits per heavy atom. The van der Waals surface area contributed by atoms with Gasteiger partial charge in [0.05, 0.1) is 30.1 Å². The van der Waals surface area contributed by atoms with E-state index >= 15 is 0 Å². The lowest BCUT2D eigenvalue weighted by Crippen LogP contribution is -2.33. The molecule has 1 fully saturated rings. The largest absolute Gasteiger partial charge is 0.392 e. The number of carbonyl (C=O) groups excluding carboxylic acids is 2. The molecule has 9 heteroatoms. The number of oxime groups is 1. The van der Waals surface area contributed by atoms with Gasteiger partial charge in [-0.2, -0.15) is 5.10 Å². The number of anilines is 1. The summed E-state index contributed by atoms with van der Waals surface area (Å²) in [4.78, 5) is 33.3. The molecule has 0 saturated carbocycles. The van der Waals surface area contributed by atoms with Gasteiger partial charge >= 0.3 is 6.03 Å². The number of aromatic nitrogens is 2. The minimum Gasteiger partial charge on any atom is -0.392 e. The van der Waals surface area contributed by atoms with E-state index in [0.29, 0.717) is 30.2 Å². The Morgan fingerprint density at radius 2 is 2.07 bits per heavy atom. The molecule has 2 aromatic rings. The molecule has 29 heavy (non-hydrogen) atoms. The first kappa shape index (κ1) is 19.4. The number of urea groups is 1. The van der Waals surface area contributed by atoms with Crippen molar-refractivity contribution < 1.29 is 14.4 Å². The molecule has 2 aliphatic rings. The van der Waals surface area contributed by atoms with Gasteiger partial charge in [0.2, 0.25) is 0 Å². The zero-order chi connectivity index (χ0) is 20.5. The maximum atomic E-state index is 12.8. The second-order valence-electron chi connectivity index (χ2n) is 7.34. The van der Waals surface area contributed by atoms with E-state index in [2.05, 4.69) is 10.3 Å². The van der Waals surface area contributed by atoms with Gasteiger partial charge in [0.15, 0.2) is 0 Å². The molecule has 1 aromatic heterocycles. The summed E-state index contributed by atoms with van der Waals surface area (Å²) in [5.41, 5.74) is 2.33. The lowest BCUT2D eigenvalue weighted by Gasteiger charge is -2.16. The number of halogens is 1. The van der Waals surface area contributed by atoms with Gasteiger partial charge in [-0.25, -0.2) is 9.69 Å². The first-order valence-corrected chi connectivity index (χ1v) is 9.90. The fourth-order valence-electron chi connectivity index (χ4n) is 3.63. The molecule has 0 spiro atoms. The highest BCUT2D eigenvalue weighted by atomic mass is 35.5. The van der Waals surface area contributed by atoms with Gasteiger partial charge in [0, 0.05) is 17.8 Å². The zero-order valence-electron chi connectivity index (χ0n) is 16.3. The van der Waals surface area contributed by atoms with E-state index in [4.69, 9.17) is 16.4 Å². The number of carbonyl (C=O) groups is 2. The minimum atomic E-state index is -0.336. The predicted molar refractivity (Wildman–Crippen MR) is 109 cm³/mol. The van der Waals surface area contributed by atoms with Crippen molar-refractivity contribution >= 4 is 34.9 Å². The van der Waals surface area contributed by atoms with Crippen LogP contribution in [0.15, 0.2) is 41.8 Å². The van der Waals surface area contributed by atoms with Crippen LogP contribution in [0.1, 0.15) is 19.4 Å². The van der Waals surface area contributed by atoms with Gasteiger partial charge in [0.25, 0.3) is 5.91 Å². The number of nitrogens with zero attached hydrogens (tertiary/aromatic N) is 5. The molecule has 0 N–H and O–H groups in total. The Bertz CT molecular complexity index is 973. The molecule has 2 unspecified atom stereocenters. The maximum absolute atomic E-state index is 12.8. The van der Waals surface area contributed by atoms with Crippen LogP contribution < -0.4 is 4.90 Å². The Kier molecular flexibility index (Phi) is 5.27. The minimum absolute atomic E-state index is 0.0296. The number of benzene rings is 1. The highest BCUT2D eigenvalue weighted by molar-refractivity contribution is 6.31. The average Bonchev–Trinajstić information content (AvgIpc) is 3.35. The number of imide groups is 1. The molecule has 0 radical (unpaired) electrons. The third-order valence-corrected chi connectivity index (χ3v) is 5.74. The number of rotatable bonds is 6. The lowest BCUT2D eigenvalue weighted by atomic mass is 10.00. The summed E-state index contributed by atoms with van der Waals surface area (Å²) in [7, 11) is 0. The molecule has 3 heterocycles. The Morgan fingerprint density at radius 1 is 1.28 bits per heavy atom. The van der Waals surface area contributed by atoms with Gasteiger partial charge in [-0.1, -0.05) is 35.0 Å². The second kappa shape index (κ2) is 7.87. The monoisotopic (exact) mass is 415 g/mol. The summed E-state index contributed by atoms with van der Waals surface area (Å²) >= 11 is 6.18. The molecule has 152 valence electrons. The SMILES string of the molecule is CC1=NOC(C)C1Cn1cc(N2C(=O)CN(CCc3ccccc3Cl)C2=O)cn1. The van der Waals surface area contributed by atoms with Crippen LogP contribution in [-0.2, 0) is 22.6 Å². The van der Waals surface area contributed by atoms with Crippen LogP contribution in [0.3, 0.4) is 0 Å². The molecule has 8 nitrogen and oxygen atoms in total. The van der Waals surface area contributed by atoms with E-state index in [0.717, 1.165) is 11.3 Å². The smallest absolute Gasteiger partial charge is 0.331 e. The molecule has 2 atom stereocenters. The molecule has 1 aromatic carbocycles. The molecular weight excluding hydrogens is 394 g/mol. The van der Waals surface area contributed by atoms with Crippen molar-refractivity contribution in [2.45, 2.75) is 32.9 Å². The third-order valence-electron chi connectivity index (χ3n) is 5.37. The van der Waals surface area contributed by atoms with Gasteiger partial charge < -0.3 is 9.74 Å². The fraction of sp³-hybridized carbons (Fsp3) is 0.400. The van der Waals surface area contributed by atoms with Crippen molar-refractivity contribution in [1.29, 1.82) is 0 Å². The van der Waals surface area contributed by atoms with Crippen LogP contribution in [0.4, 0.5) is 10.5 Å². The second-order valence-corrected chi connectivity index (χ2v) is 7.75. The number of hydrogen-bond donors (Lipinski definition) is 0. The third kappa shape index (κ3) is 3.85. The average molecular weight is 416 g/mol. The quantitative estimate of drug-likeness (QED) is 0.679. The van der Waals surface area contributed by atoms with E-state index in [1.165, 1.54) is 9.80 Å². The highest BCUT2D eigenvalue weighted by Gasteiger charge is 2.38. The number of amides is 3. The van der Waals surface area contributed by atoms with Crippen LogP contribution in [0, 0.1) is 5.92 Å². The molecule has 0 aliphatic carbocycles. The summed E-state index contributed by atoms with van der Waals surface area (Å²) in [5, 5.41) is 8.98. The van der Waals surface area contributed by atoms with Crippen LogP contribution in [-0.4, -0.2) is 51.5 Å². The van der Waals surface area contributed by atoms with Crippen LogP contribution in [0.2, 0.25) is 5.02 Å². The van der Waals surface area contributed by atoms with Gasteiger partial charge in [-0.05, 0) is 31.9 Å². The van der Waals surface area contributed by atoms with E-state index in [1.54, 1.807) is 17.1 Å². The van der Waals surface area contributed by atoms with E-state index in [-0.39, 0.29) is 30.5 Å². The normalized spacial score (nSPS) is 21.7. The molecule has 0 bridgehead atoms. The summed E-state index contributed by atoms with van der Waals surface area (Å²) in [6.07, 6.45) is 3.81. The van der Waals surface area contributed by atoms with Gasteiger partial charge in [-0.3, -0.25) is 9.48 Å². The van der Waals surface area contributed by atoms with Gasteiger partial charge in [-0.15, -0.1) is 0 Å². The van der Waals surface area contributed by atoms with Crippen molar-refractivity contribution in [1.82, 2.24) is 14.7 Å². The molecular formula is C20H22ClN5O3. The van der Waals surface area contributed by atoms with E-state index in [1.807, 2.05) is 38.1 Å². The summed E-state index contributed by atoms with van der Waals surface area (Å²) in [6, 6.07) is 7.17. The zero-order valence-corrected chi connectivity index (χ0v) is 17.0. The van der Waals surface area contributed by atoms with Crippen LogP contribution >= 0.6 is 11.6 Å². The highest BCUT2D eigenvalue weighted by Crippen LogP contribution is 2.24. The van der Waals surface area contributed by atoms with Crippen molar-refractivity contribution in [3.63, 3.8) is 0 Å². The lowest BCUT2D eigenvalue weighted by molar-refractivity contribution is -0.116. The maximum Gasteiger partial charge on any atom is 0.331 e. The predicted octanol–water partition coefficient (Wildman–Crippen LogP) is 2.96. The van der Waals surface area contributed by atoms with Crippen molar-refractivity contribution in [2.24, 2.45) is 11.1 Å². The summed E-state index contributed by atoms with van der Waals surface area (Å²) in [5.74, 6) is -0.149. The van der Waals surface area contributed by atoms with E-state index in [9.17, 15) is 9.59 Å². The Balaban J connectivity index is 1.42. The van der Waals surface area contributed by atoms with E-state index < -0.39 is 0 Å².